The van der Waals surface area contributed by atoms with Crippen LogP contribution < -0.4 is 69.3 Å². The molecule has 6 heteroatoms. The van der Waals surface area contributed by atoms with Crippen molar-refractivity contribution in [3.63, 3.8) is 0 Å². The van der Waals surface area contributed by atoms with E-state index in [0.717, 1.165) is 10.8 Å². The molecule has 0 N–H and O–H groups in total. The molecule has 0 heterocycles. The molecule has 0 fully saturated rings. The van der Waals surface area contributed by atoms with E-state index in [1.54, 1.807) is 36.4 Å². The van der Waals surface area contributed by atoms with Gasteiger partial charge in [0.25, 0.3) is 0 Å². The molecule has 0 saturated carbocycles. The van der Waals surface area contributed by atoms with Gasteiger partial charge in [-0.1, -0.05) is 36.4 Å². The molecule has 0 unspecified atom stereocenters. The Bertz CT molecular complexity index is 571. The standard InChI is InChI=1S/C14H12O4.2Na/c15-13(16)7-9-5-6-10(8-14(17)18)12-4-2-1-3-11(9)12;;/h1-6H,7-8H2,(H,15,16)(H,17,18);;/q;2*+1/p-2. The topological polar surface area (TPSA) is 80.3 Å². The van der Waals surface area contributed by atoms with E-state index in [0.29, 0.717) is 11.1 Å². The van der Waals surface area contributed by atoms with Crippen LogP contribution in [0.25, 0.3) is 10.8 Å². The van der Waals surface area contributed by atoms with Crippen LogP contribution in [0.2, 0.25) is 0 Å². The first-order chi connectivity index (χ1) is 8.58. The van der Waals surface area contributed by atoms with Crippen molar-refractivity contribution < 1.29 is 78.9 Å². The van der Waals surface area contributed by atoms with Gasteiger partial charge in [0.2, 0.25) is 0 Å². The third-order valence-electron chi connectivity index (χ3n) is 2.77. The molecule has 0 amide bonds. The molecule has 0 aliphatic heterocycles. The molecule has 0 spiro atoms. The summed E-state index contributed by atoms with van der Waals surface area (Å²) < 4.78 is 0. The number of rotatable bonds is 4. The van der Waals surface area contributed by atoms with Crippen molar-refractivity contribution in [2.24, 2.45) is 0 Å². The van der Waals surface area contributed by atoms with Crippen molar-refractivity contribution in [2.45, 2.75) is 12.8 Å². The second-order valence-corrected chi connectivity index (χ2v) is 4.03. The van der Waals surface area contributed by atoms with Gasteiger partial charge in [-0.15, -0.1) is 0 Å². The van der Waals surface area contributed by atoms with Crippen LogP contribution in [0.5, 0.6) is 0 Å². The number of carboxylic acids is 2. The minimum absolute atomic E-state index is 0. The van der Waals surface area contributed by atoms with Gasteiger partial charge in [-0.3, -0.25) is 0 Å². The Balaban J connectivity index is 0.00000180. The van der Waals surface area contributed by atoms with E-state index in [1.807, 2.05) is 0 Å². The fourth-order valence-electron chi connectivity index (χ4n) is 2.04. The monoisotopic (exact) mass is 288 g/mol. The van der Waals surface area contributed by atoms with E-state index in [-0.39, 0.29) is 72.0 Å². The molecule has 0 bridgehead atoms. The third-order valence-corrected chi connectivity index (χ3v) is 2.77. The zero-order chi connectivity index (χ0) is 13.1. The fourth-order valence-corrected chi connectivity index (χ4v) is 2.04. The van der Waals surface area contributed by atoms with Gasteiger partial charge in [0, 0.05) is 24.8 Å². The Morgan fingerprint density at radius 3 is 1.40 bits per heavy atom. The van der Waals surface area contributed by atoms with E-state index >= 15 is 0 Å². The van der Waals surface area contributed by atoms with Gasteiger partial charge in [0.1, 0.15) is 0 Å². The van der Waals surface area contributed by atoms with E-state index in [2.05, 4.69) is 0 Å². The third kappa shape index (κ3) is 4.88. The van der Waals surface area contributed by atoms with E-state index in [1.165, 1.54) is 0 Å². The summed E-state index contributed by atoms with van der Waals surface area (Å²) in [5.74, 6) is -2.32. The fraction of sp³-hybridized carbons (Fsp3) is 0.143. The van der Waals surface area contributed by atoms with Crippen LogP contribution in [-0.2, 0) is 22.4 Å². The molecule has 0 radical (unpaired) electrons. The van der Waals surface area contributed by atoms with Crippen LogP contribution in [0.15, 0.2) is 36.4 Å². The van der Waals surface area contributed by atoms with Gasteiger partial charge in [0.05, 0.1) is 0 Å². The van der Waals surface area contributed by atoms with Crippen molar-refractivity contribution >= 4 is 22.7 Å². The maximum atomic E-state index is 10.7. The zero-order valence-corrected chi connectivity index (χ0v) is 15.5. The van der Waals surface area contributed by atoms with Crippen molar-refractivity contribution in [2.75, 3.05) is 0 Å². The van der Waals surface area contributed by atoms with Gasteiger partial charge in [-0.2, -0.15) is 0 Å². The molecule has 2 rings (SSSR count). The Hall–Kier alpha value is -0.360. The summed E-state index contributed by atoms with van der Waals surface area (Å²) in [4.78, 5) is 21.3. The summed E-state index contributed by atoms with van der Waals surface area (Å²) in [6.07, 6.45) is -0.377. The SMILES string of the molecule is O=C([O-])Cc1ccc(CC(=O)[O-])c2ccccc12.[Na+].[Na+]. The Labute approximate surface area is 160 Å². The first-order valence-corrected chi connectivity index (χ1v) is 5.47. The molecule has 0 aliphatic rings. The maximum absolute atomic E-state index is 10.7. The molecule has 2 aromatic rings. The molecule has 2 aromatic carbocycles. The predicted octanol–water partition coefficient (Wildman–Crippen LogP) is -6.57. The van der Waals surface area contributed by atoms with E-state index < -0.39 is 11.9 Å². The number of hydrogen-bond acceptors (Lipinski definition) is 4. The van der Waals surface area contributed by atoms with Crippen LogP contribution in [-0.4, -0.2) is 11.9 Å². The smallest absolute Gasteiger partial charge is 0.550 e. The quantitative estimate of drug-likeness (QED) is 0.524. The second kappa shape index (κ2) is 8.82. The number of carboxylic acid groups (broad SMARTS) is 2. The molecule has 92 valence electrons. The van der Waals surface area contributed by atoms with Gasteiger partial charge >= 0.3 is 59.1 Å². The van der Waals surface area contributed by atoms with Crippen molar-refractivity contribution in [1.82, 2.24) is 0 Å². The Kier molecular flexibility index (Phi) is 8.66. The predicted molar refractivity (Wildman–Crippen MR) is 61.4 cm³/mol. The van der Waals surface area contributed by atoms with Gasteiger partial charge in [-0.25, -0.2) is 0 Å². The van der Waals surface area contributed by atoms with Crippen LogP contribution >= 0.6 is 0 Å². The second-order valence-electron chi connectivity index (χ2n) is 4.03. The summed E-state index contributed by atoms with van der Waals surface area (Å²) in [5.41, 5.74) is 1.24. The summed E-state index contributed by atoms with van der Waals surface area (Å²) >= 11 is 0. The zero-order valence-electron chi connectivity index (χ0n) is 11.5. The van der Waals surface area contributed by atoms with Gasteiger partial charge < -0.3 is 19.8 Å². The maximum Gasteiger partial charge on any atom is 1.00 e. The van der Waals surface area contributed by atoms with Crippen LogP contribution in [0.1, 0.15) is 11.1 Å². The van der Waals surface area contributed by atoms with Crippen LogP contribution in [0.3, 0.4) is 0 Å². The van der Waals surface area contributed by atoms with Crippen molar-refractivity contribution in [3.8, 4) is 0 Å². The molecule has 0 saturated heterocycles. The summed E-state index contributed by atoms with van der Waals surface area (Å²) in [5, 5.41) is 22.8. The average molecular weight is 288 g/mol. The number of hydrogen-bond donors (Lipinski definition) is 0. The summed E-state index contributed by atoms with van der Waals surface area (Å²) in [6, 6.07) is 10.3. The number of benzene rings is 2. The number of aliphatic carboxylic acids is 2. The van der Waals surface area contributed by atoms with Gasteiger partial charge in [0.15, 0.2) is 0 Å². The molecular weight excluding hydrogens is 278 g/mol. The van der Waals surface area contributed by atoms with Crippen molar-refractivity contribution in [3.05, 3.63) is 47.5 Å². The molecule has 0 aromatic heterocycles. The Morgan fingerprint density at radius 1 is 0.750 bits per heavy atom. The van der Waals surface area contributed by atoms with E-state index in [9.17, 15) is 19.8 Å². The van der Waals surface area contributed by atoms with E-state index in [4.69, 9.17) is 0 Å². The minimum Gasteiger partial charge on any atom is -0.550 e. The minimum atomic E-state index is -1.16. The van der Waals surface area contributed by atoms with Crippen LogP contribution in [0.4, 0.5) is 0 Å². The molecule has 0 atom stereocenters. The average Bonchev–Trinajstić information content (AvgIpc) is 2.31. The molecule has 20 heavy (non-hydrogen) atoms. The largest absolute Gasteiger partial charge is 1.00 e. The van der Waals surface area contributed by atoms with Crippen molar-refractivity contribution in [1.29, 1.82) is 0 Å². The summed E-state index contributed by atoms with van der Waals surface area (Å²) in [6.45, 7) is 0. The molecule has 4 nitrogen and oxygen atoms in total. The van der Waals surface area contributed by atoms with Crippen LogP contribution in [0, 0.1) is 0 Å². The normalized spacial score (nSPS) is 9.40. The first kappa shape index (κ1) is 19.6. The van der Waals surface area contributed by atoms with Gasteiger partial charge in [-0.05, 0) is 21.9 Å². The summed E-state index contributed by atoms with van der Waals surface area (Å²) in [7, 11) is 0. The first-order valence-electron chi connectivity index (χ1n) is 5.47. The Morgan fingerprint density at radius 2 is 1.10 bits per heavy atom. The molecule has 0 aliphatic carbocycles. The number of fused-ring (bicyclic) bond motifs is 1. The number of carbonyl (C=O) groups excluding carboxylic acids is 2. The molecular formula is C14H10Na2O4. The number of carbonyl (C=O) groups is 2.